The highest BCUT2D eigenvalue weighted by Gasteiger charge is 2.33. The number of carbonyl (C=O) groups is 1. The van der Waals surface area contributed by atoms with Crippen molar-refractivity contribution in [2.75, 3.05) is 19.6 Å². The van der Waals surface area contributed by atoms with E-state index in [0.29, 0.717) is 11.6 Å². The Balaban J connectivity index is 1.59. The first-order valence-electron chi connectivity index (χ1n) is 8.59. The van der Waals surface area contributed by atoms with Crippen LogP contribution >= 0.6 is 0 Å². The molecule has 2 atom stereocenters. The number of sulfonamides is 1. The van der Waals surface area contributed by atoms with E-state index in [1.165, 1.54) is 25.7 Å². The summed E-state index contributed by atoms with van der Waals surface area (Å²) in [5.41, 5.74) is 0.301. The molecule has 1 aromatic rings. The number of nitrogens with zero attached hydrogens (tertiary/aromatic N) is 2. The fourth-order valence-electron chi connectivity index (χ4n) is 4.03. The van der Waals surface area contributed by atoms with E-state index in [4.69, 9.17) is 4.52 Å². The van der Waals surface area contributed by atoms with E-state index in [1.54, 1.807) is 13.8 Å². The van der Waals surface area contributed by atoms with Crippen LogP contribution in [0.1, 0.15) is 43.6 Å². The highest BCUT2D eigenvalue weighted by Crippen LogP contribution is 2.36. The molecule has 2 aliphatic rings. The van der Waals surface area contributed by atoms with Gasteiger partial charge in [0, 0.05) is 13.1 Å². The van der Waals surface area contributed by atoms with E-state index >= 15 is 0 Å². The van der Waals surface area contributed by atoms with Gasteiger partial charge in [-0.1, -0.05) is 24.4 Å². The molecule has 2 fully saturated rings. The van der Waals surface area contributed by atoms with Crippen molar-refractivity contribution in [3.8, 4) is 0 Å². The van der Waals surface area contributed by atoms with Gasteiger partial charge in [-0.05, 0) is 38.5 Å². The molecule has 1 saturated carbocycles. The largest absolute Gasteiger partial charge is 0.360 e. The Hall–Kier alpha value is -1.41. The van der Waals surface area contributed by atoms with Crippen LogP contribution < -0.4 is 4.72 Å². The summed E-state index contributed by atoms with van der Waals surface area (Å²) in [4.78, 5) is 14.3. The van der Waals surface area contributed by atoms with Crippen LogP contribution in [-0.2, 0) is 14.8 Å². The average molecular weight is 355 g/mol. The van der Waals surface area contributed by atoms with E-state index in [0.717, 1.165) is 25.4 Å². The Morgan fingerprint density at radius 1 is 1.25 bits per heavy atom. The molecule has 0 bridgehead atoms. The molecular formula is C16H25N3O4S. The smallest absolute Gasteiger partial charge is 0.246 e. The lowest BCUT2D eigenvalue weighted by atomic mass is 9.75. The van der Waals surface area contributed by atoms with Gasteiger partial charge in [-0.3, -0.25) is 4.79 Å². The van der Waals surface area contributed by atoms with Crippen molar-refractivity contribution < 1.29 is 17.7 Å². The number of rotatable bonds is 4. The van der Waals surface area contributed by atoms with Crippen molar-refractivity contribution in [2.24, 2.45) is 11.8 Å². The van der Waals surface area contributed by atoms with Gasteiger partial charge in [-0.25, -0.2) is 13.1 Å². The Bertz CT molecular complexity index is 693. The second-order valence-corrected chi connectivity index (χ2v) is 8.61. The molecule has 3 rings (SSSR count). The number of aryl methyl sites for hydroxylation is 2. The first-order valence-corrected chi connectivity index (χ1v) is 10.1. The molecule has 0 radical (unpaired) electrons. The minimum atomic E-state index is -3.79. The number of fused-ring (bicyclic) bond motifs is 1. The van der Waals surface area contributed by atoms with E-state index in [1.807, 2.05) is 4.90 Å². The quantitative estimate of drug-likeness (QED) is 0.886. The molecule has 2 heterocycles. The third-order valence-electron chi connectivity index (χ3n) is 5.29. The fourth-order valence-corrected chi connectivity index (χ4v) is 5.33. The Labute approximate surface area is 142 Å². The van der Waals surface area contributed by atoms with Crippen LogP contribution in [0, 0.1) is 25.7 Å². The lowest BCUT2D eigenvalue weighted by Crippen LogP contribution is -2.48. The predicted octanol–water partition coefficient (Wildman–Crippen LogP) is 1.61. The summed E-state index contributed by atoms with van der Waals surface area (Å²) < 4.78 is 32.0. The molecule has 7 nitrogen and oxygen atoms in total. The zero-order valence-corrected chi connectivity index (χ0v) is 15.1. The van der Waals surface area contributed by atoms with E-state index in [9.17, 15) is 13.2 Å². The summed E-state index contributed by atoms with van der Waals surface area (Å²) in [6, 6.07) is 0. The maximum Gasteiger partial charge on any atom is 0.246 e. The monoisotopic (exact) mass is 355 g/mol. The molecule has 134 valence electrons. The summed E-state index contributed by atoms with van der Waals surface area (Å²) in [6.45, 7) is 4.39. The molecule has 1 saturated heterocycles. The van der Waals surface area contributed by atoms with Crippen LogP contribution in [0.4, 0.5) is 0 Å². The third kappa shape index (κ3) is 3.49. The first-order chi connectivity index (χ1) is 11.4. The number of carbonyl (C=O) groups excluding carboxylic acids is 1. The highest BCUT2D eigenvalue weighted by atomic mass is 32.2. The van der Waals surface area contributed by atoms with Crippen LogP contribution in [0.15, 0.2) is 9.42 Å². The Morgan fingerprint density at radius 3 is 2.62 bits per heavy atom. The first kappa shape index (κ1) is 17.4. The second kappa shape index (κ2) is 6.84. The third-order valence-corrected chi connectivity index (χ3v) is 6.94. The molecule has 1 amide bonds. The van der Waals surface area contributed by atoms with Crippen LogP contribution in [-0.4, -0.2) is 44.0 Å². The van der Waals surface area contributed by atoms with Gasteiger partial charge in [-0.2, -0.15) is 0 Å². The lowest BCUT2D eigenvalue weighted by molar-refractivity contribution is -0.133. The summed E-state index contributed by atoms with van der Waals surface area (Å²) in [6.07, 6.45) is 6.02. The Kier molecular flexibility index (Phi) is 4.96. The predicted molar refractivity (Wildman–Crippen MR) is 87.8 cm³/mol. The number of likely N-dealkylation sites (tertiary alicyclic amines) is 1. The number of aromatic nitrogens is 1. The summed E-state index contributed by atoms with van der Waals surface area (Å²) >= 11 is 0. The number of nitrogens with one attached hydrogen (secondary N) is 1. The highest BCUT2D eigenvalue weighted by molar-refractivity contribution is 7.89. The van der Waals surface area contributed by atoms with Gasteiger partial charge >= 0.3 is 0 Å². The normalized spacial score (nSPS) is 24.7. The Morgan fingerprint density at radius 2 is 1.96 bits per heavy atom. The van der Waals surface area contributed by atoms with Gasteiger partial charge < -0.3 is 9.42 Å². The topological polar surface area (TPSA) is 92.5 Å². The second-order valence-electron chi connectivity index (χ2n) is 6.91. The van der Waals surface area contributed by atoms with Crippen LogP contribution in [0.2, 0.25) is 0 Å². The maximum atomic E-state index is 12.4. The standard InChI is InChI=1S/C16H25N3O4S/c1-11-16(12(2)23-18-11)24(21,22)17-9-15(20)19-8-7-13-5-3-4-6-14(13)10-19/h13-14,17H,3-10H2,1-2H3/t13-,14+/m1/s1. The molecule has 1 aromatic heterocycles. The lowest BCUT2D eigenvalue weighted by Gasteiger charge is -2.41. The molecule has 0 aromatic carbocycles. The van der Waals surface area contributed by atoms with E-state index in [-0.39, 0.29) is 23.1 Å². The van der Waals surface area contributed by atoms with Gasteiger partial charge in [0.2, 0.25) is 15.9 Å². The van der Waals surface area contributed by atoms with E-state index in [2.05, 4.69) is 9.88 Å². The number of amides is 1. The van der Waals surface area contributed by atoms with Crippen molar-refractivity contribution in [1.29, 1.82) is 0 Å². The molecule has 1 aliphatic carbocycles. The summed E-state index contributed by atoms with van der Waals surface area (Å²) in [7, 11) is -3.79. The van der Waals surface area contributed by atoms with Gasteiger partial charge in [0.1, 0.15) is 10.6 Å². The minimum Gasteiger partial charge on any atom is -0.360 e. The van der Waals surface area contributed by atoms with Gasteiger partial charge in [-0.15, -0.1) is 0 Å². The molecule has 1 aliphatic heterocycles. The van der Waals surface area contributed by atoms with Crippen molar-refractivity contribution in [3.63, 3.8) is 0 Å². The van der Waals surface area contributed by atoms with Crippen molar-refractivity contribution >= 4 is 15.9 Å². The van der Waals surface area contributed by atoms with Crippen molar-refractivity contribution in [3.05, 3.63) is 11.5 Å². The summed E-state index contributed by atoms with van der Waals surface area (Å²) in [5.74, 6) is 1.39. The average Bonchev–Trinajstić information content (AvgIpc) is 2.91. The maximum absolute atomic E-state index is 12.4. The SMILES string of the molecule is Cc1noc(C)c1S(=O)(=O)NCC(=O)N1CC[C@H]2CCCC[C@H]2C1. The zero-order chi connectivity index (χ0) is 17.3. The summed E-state index contributed by atoms with van der Waals surface area (Å²) in [5, 5.41) is 3.66. The molecule has 0 spiro atoms. The van der Waals surface area contributed by atoms with E-state index < -0.39 is 10.0 Å². The van der Waals surface area contributed by atoms with Crippen LogP contribution in [0.3, 0.4) is 0 Å². The number of hydrogen-bond donors (Lipinski definition) is 1. The zero-order valence-electron chi connectivity index (χ0n) is 14.2. The van der Waals surface area contributed by atoms with Crippen LogP contribution in [0.5, 0.6) is 0 Å². The number of hydrogen-bond acceptors (Lipinski definition) is 5. The minimum absolute atomic E-state index is 0.0290. The van der Waals surface area contributed by atoms with Gasteiger partial charge in [0.15, 0.2) is 5.76 Å². The van der Waals surface area contributed by atoms with Crippen molar-refractivity contribution in [1.82, 2.24) is 14.8 Å². The van der Waals surface area contributed by atoms with Crippen molar-refractivity contribution in [2.45, 2.75) is 50.8 Å². The molecule has 8 heteroatoms. The van der Waals surface area contributed by atoms with Crippen LogP contribution in [0.25, 0.3) is 0 Å². The van der Waals surface area contributed by atoms with Gasteiger partial charge in [0.25, 0.3) is 0 Å². The molecule has 24 heavy (non-hydrogen) atoms. The molecule has 0 unspecified atom stereocenters. The molecule has 1 N–H and O–H groups in total. The molecular weight excluding hydrogens is 330 g/mol. The number of piperidine rings is 1. The van der Waals surface area contributed by atoms with Gasteiger partial charge in [0.05, 0.1) is 6.54 Å². The fraction of sp³-hybridized carbons (Fsp3) is 0.750.